The van der Waals surface area contributed by atoms with Crippen molar-refractivity contribution in [3.8, 4) is 0 Å². The smallest absolute Gasteiger partial charge is 0.200 e. The molecule has 0 saturated carbocycles. The maximum absolute atomic E-state index is 15.4. The van der Waals surface area contributed by atoms with Crippen LogP contribution < -0.4 is 21.9 Å². The number of benzene rings is 5. The molecule has 0 N–H and O–H groups in total. The van der Waals surface area contributed by atoms with E-state index in [-0.39, 0.29) is 5.78 Å². The predicted molar refractivity (Wildman–Crippen MR) is 170 cm³/mol. The Balaban J connectivity index is 0.000000486. The van der Waals surface area contributed by atoms with E-state index in [2.05, 4.69) is 20.0 Å². The second-order valence-corrected chi connectivity index (χ2v) is 17.9. The molecule has 0 heterocycles. The largest absolute Gasteiger partial charge is 0.290 e. The standard InChI is InChI=1S/C24BF20.C11H16OP/c26-5-1(6(27)14(35)21(42)13(5)34)25(2-7(28)15(36)22(43)16(37)8(2)29,3-9(30)17(38)23(44)18(39)10(3)31)4-11(32)19(40)24(45)20(41)12(4)33;1-13(2,3)9-11(12)10-7-5-4-6-8-10/h;4-8H,9H2,1-3H3/q-1;+1. The number of rotatable bonds is 7. The first kappa shape index (κ1) is 45.6. The van der Waals surface area contributed by atoms with E-state index < -0.39 is 152 Å². The molecule has 0 aliphatic rings. The molecule has 0 bridgehead atoms. The summed E-state index contributed by atoms with van der Waals surface area (Å²) in [6, 6.07) is 9.53. The Kier molecular flexibility index (Phi) is 12.8. The number of ketones is 1. The zero-order valence-corrected chi connectivity index (χ0v) is 29.5. The van der Waals surface area contributed by atoms with Crippen molar-refractivity contribution in [2.75, 3.05) is 26.2 Å². The molecule has 23 heteroatoms. The second kappa shape index (κ2) is 16.3. The van der Waals surface area contributed by atoms with E-state index in [1.165, 1.54) is 0 Å². The first-order valence-electron chi connectivity index (χ1n) is 15.3. The van der Waals surface area contributed by atoms with Crippen LogP contribution in [0.5, 0.6) is 0 Å². The number of hydrogen-bond donors (Lipinski definition) is 0. The molecule has 0 amide bonds. The van der Waals surface area contributed by atoms with Gasteiger partial charge in [-0.05, 0) is 0 Å². The number of carbonyl (C=O) groups excluding carboxylic acids is 1. The molecule has 0 unspecified atom stereocenters. The van der Waals surface area contributed by atoms with Crippen molar-refractivity contribution < 1.29 is 92.6 Å². The van der Waals surface area contributed by atoms with Crippen molar-refractivity contribution in [1.29, 1.82) is 0 Å². The van der Waals surface area contributed by atoms with Crippen LogP contribution in [0.2, 0.25) is 0 Å². The van der Waals surface area contributed by atoms with Gasteiger partial charge in [-0.1, -0.05) is 30.3 Å². The lowest BCUT2D eigenvalue weighted by atomic mass is 9.12. The molecular formula is C35H16BF20OP. The third-order valence-corrected chi connectivity index (χ3v) is 9.66. The van der Waals surface area contributed by atoms with Gasteiger partial charge >= 0.3 is 0 Å². The van der Waals surface area contributed by atoms with Gasteiger partial charge in [-0.25, -0.2) is 87.8 Å². The van der Waals surface area contributed by atoms with E-state index in [9.17, 15) is 57.5 Å². The minimum Gasteiger partial charge on any atom is -0.290 e. The number of carbonyl (C=O) groups is 1. The van der Waals surface area contributed by atoms with Crippen LogP contribution >= 0.6 is 7.26 Å². The van der Waals surface area contributed by atoms with Gasteiger partial charge in [-0.15, -0.1) is 21.9 Å². The molecule has 58 heavy (non-hydrogen) atoms. The molecule has 5 aromatic carbocycles. The Bertz CT molecular complexity index is 2100. The lowest BCUT2D eigenvalue weighted by Crippen LogP contribution is -2.81. The normalized spacial score (nSPS) is 11.8. The van der Waals surface area contributed by atoms with Gasteiger partial charge in [0.15, 0.2) is 75.6 Å². The van der Waals surface area contributed by atoms with Gasteiger partial charge < -0.3 is 0 Å². The first-order valence-corrected chi connectivity index (χ1v) is 18.6. The van der Waals surface area contributed by atoms with Crippen LogP contribution in [0.1, 0.15) is 10.4 Å². The van der Waals surface area contributed by atoms with Crippen molar-refractivity contribution in [3.63, 3.8) is 0 Å². The summed E-state index contributed by atoms with van der Waals surface area (Å²) in [5.74, 6) is -71.1. The highest BCUT2D eigenvalue weighted by atomic mass is 31.2. The highest BCUT2D eigenvalue weighted by Gasteiger charge is 2.52. The third kappa shape index (κ3) is 7.27. The molecule has 5 aromatic rings. The monoisotopic (exact) mass is 874 g/mol. The van der Waals surface area contributed by atoms with Crippen molar-refractivity contribution in [2.24, 2.45) is 0 Å². The summed E-state index contributed by atoms with van der Waals surface area (Å²) in [4.78, 5) is 11.7. The van der Waals surface area contributed by atoms with Gasteiger partial charge in [0.1, 0.15) is 58.8 Å². The van der Waals surface area contributed by atoms with E-state index in [4.69, 9.17) is 0 Å². The zero-order valence-electron chi connectivity index (χ0n) is 28.6. The van der Waals surface area contributed by atoms with Crippen LogP contribution in [-0.2, 0) is 0 Å². The quantitative estimate of drug-likeness (QED) is 0.0400. The maximum Gasteiger partial charge on any atom is 0.200 e. The Hall–Kier alpha value is -5.14. The molecule has 0 fully saturated rings. The topological polar surface area (TPSA) is 17.1 Å². The van der Waals surface area contributed by atoms with Gasteiger partial charge in [0.25, 0.3) is 0 Å². The number of Topliss-reactive ketones (excluding diaryl/α,β-unsaturated/α-hetero) is 1. The predicted octanol–water partition coefficient (Wildman–Crippen LogP) is 8.62. The lowest BCUT2D eigenvalue weighted by Gasteiger charge is -2.44. The van der Waals surface area contributed by atoms with Crippen LogP contribution in [0.3, 0.4) is 0 Å². The molecule has 310 valence electrons. The number of hydrogen-bond acceptors (Lipinski definition) is 1. The van der Waals surface area contributed by atoms with E-state index >= 15 is 35.1 Å². The van der Waals surface area contributed by atoms with Gasteiger partial charge in [0, 0.05) is 32.8 Å². The van der Waals surface area contributed by atoms with Gasteiger partial charge in [-0.2, -0.15) is 0 Å². The third-order valence-electron chi connectivity index (χ3n) is 8.42. The molecule has 0 aliphatic carbocycles. The summed E-state index contributed by atoms with van der Waals surface area (Å²) in [6.07, 6.45) is -6.50. The van der Waals surface area contributed by atoms with Crippen LogP contribution in [0.25, 0.3) is 0 Å². The summed E-state index contributed by atoms with van der Waals surface area (Å²) < 4.78 is 294. The van der Waals surface area contributed by atoms with Gasteiger partial charge in [0.05, 0.1) is 0 Å². The Morgan fingerprint density at radius 1 is 0.362 bits per heavy atom. The molecule has 0 aromatic heterocycles. The highest BCUT2D eigenvalue weighted by molar-refractivity contribution is 7.74. The Morgan fingerprint density at radius 3 is 0.741 bits per heavy atom. The van der Waals surface area contributed by atoms with Crippen LogP contribution in [0.15, 0.2) is 30.3 Å². The first-order chi connectivity index (χ1) is 26.7. The fraction of sp³-hybridized carbons (Fsp3) is 0.114. The van der Waals surface area contributed by atoms with E-state index in [1.807, 2.05) is 30.3 Å². The molecule has 0 radical (unpaired) electrons. The van der Waals surface area contributed by atoms with E-state index in [0.717, 1.165) is 11.7 Å². The summed E-state index contributed by atoms with van der Waals surface area (Å²) in [5, 5.41) is 0. The van der Waals surface area contributed by atoms with Gasteiger partial charge in [-0.3, -0.25) is 4.79 Å². The maximum atomic E-state index is 15.4. The number of halogens is 20. The van der Waals surface area contributed by atoms with Crippen LogP contribution in [-0.4, -0.2) is 38.1 Å². The Morgan fingerprint density at radius 2 is 0.552 bits per heavy atom. The molecular weight excluding hydrogens is 858 g/mol. The average Bonchev–Trinajstić information content (AvgIpc) is 3.17. The SMILES string of the molecule is C[P+](C)(C)CC(=O)c1ccccc1.Fc1c(F)c(F)c([B-](c2c(F)c(F)c(F)c(F)c2F)(c2c(F)c(F)c(F)c(F)c2F)c2c(F)c(F)c(F)c(F)c2F)c(F)c1F. The molecule has 5 rings (SSSR count). The van der Waals surface area contributed by atoms with Crippen molar-refractivity contribution in [1.82, 2.24) is 0 Å². The van der Waals surface area contributed by atoms with Crippen molar-refractivity contribution in [2.45, 2.75) is 0 Å². The summed E-state index contributed by atoms with van der Waals surface area (Å²) in [5.41, 5.74) is -13.5. The van der Waals surface area contributed by atoms with Gasteiger partial charge in [0.2, 0.25) is 0 Å². The summed E-state index contributed by atoms with van der Waals surface area (Å²) in [7, 11) is -0.987. The molecule has 0 saturated heterocycles. The second-order valence-electron chi connectivity index (χ2n) is 13.0. The zero-order chi connectivity index (χ0) is 44.3. The fourth-order valence-corrected chi connectivity index (χ4v) is 7.06. The minimum absolute atomic E-state index is 0.279. The van der Waals surface area contributed by atoms with Crippen LogP contribution in [0.4, 0.5) is 87.8 Å². The van der Waals surface area contributed by atoms with E-state index in [0.29, 0.717) is 0 Å². The van der Waals surface area contributed by atoms with Crippen molar-refractivity contribution >= 4 is 41.0 Å². The van der Waals surface area contributed by atoms with E-state index in [1.54, 1.807) is 0 Å². The average molecular weight is 874 g/mol. The Labute approximate surface area is 312 Å². The van der Waals surface area contributed by atoms with Crippen LogP contribution in [0, 0.1) is 116 Å². The summed E-state index contributed by atoms with van der Waals surface area (Å²) >= 11 is 0. The minimum atomic E-state index is -7.22. The fourth-order valence-electron chi connectivity index (χ4n) is 6.02. The molecule has 0 aliphatic heterocycles. The van der Waals surface area contributed by atoms with Crippen molar-refractivity contribution in [3.05, 3.63) is 152 Å². The molecule has 1 nitrogen and oxygen atoms in total. The molecule has 0 spiro atoms. The highest BCUT2D eigenvalue weighted by Crippen LogP contribution is 2.46. The molecule has 0 atom stereocenters. The lowest BCUT2D eigenvalue weighted by molar-refractivity contribution is 0.102. The summed E-state index contributed by atoms with van der Waals surface area (Å²) in [6.45, 7) is 6.56.